The molecular formula is C16H17BrN4O4S. The van der Waals surface area contributed by atoms with Gasteiger partial charge in [-0.05, 0) is 30.5 Å². The highest BCUT2D eigenvalue weighted by Crippen LogP contribution is 2.20. The SMILES string of the molecule is CSc1nc2c(c(=O)[nH]c(=O)n2C)n1CC(O)COc1ccc(Br)cc1. The number of H-pyrrole nitrogens is 1. The van der Waals surface area contributed by atoms with E-state index in [1.165, 1.54) is 23.4 Å². The number of nitrogens with zero attached hydrogens (tertiary/aromatic N) is 3. The second-order valence-electron chi connectivity index (χ2n) is 5.62. The summed E-state index contributed by atoms with van der Waals surface area (Å²) < 4.78 is 9.39. The van der Waals surface area contributed by atoms with Gasteiger partial charge in [0.15, 0.2) is 16.3 Å². The normalized spacial score (nSPS) is 12.5. The molecule has 0 saturated carbocycles. The number of rotatable bonds is 6. The fourth-order valence-corrected chi connectivity index (χ4v) is 3.35. The van der Waals surface area contributed by atoms with Crippen LogP contribution in [0.5, 0.6) is 5.75 Å². The van der Waals surface area contributed by atoms with Crippen molar-refractivity contribution in [1.82, 2.24) is 19.1 Å². The minimum atomic E-state index is -0.862. The maximum Gasteiger partial charge on any atom is 0.329 e. The first-order valence-electron chi connectivity index (χ1n) is 7.70. The summed E-state index contributed by atoms with van der Waals surface area (Å²) in [5.74, 6) is 0.632. The lowest BCUT2D eigenvalue weighted by Gasteiger charge is -2.14. The molecule has 2 N–H and O–H groups in total. The zero-order chi connectivity index (χ0) is 18.8. The van der Waals surface area contributed by atoms with Crippen LogP contribution in [0.4, 0.5) is 0 Å². The van der Waals surface area contributed by atoms with Crippen LogP contribution in [0.3, 0.4) is 0 Å². The van der Waals surface area contributed by atoms with Gasteiger partial charge in [-0.2, -0.15) is 0 Å². The number of aliphatic hydroxyl groups excluding tert-OH is 1. The van der Waals surface area contributed by atoms with Gasteiger partial charge in [0.05, 0.1) is 6.54 Å². The summed E-state index contributed by atoms with van der Waals surface area (Å²) in [6.07, 6.45) is 0.952. The summed E-state index contributed by atoms with van der Waals surface area (Å²) in [4.78, 5) is 30.6. The van der Waals surface area contributed by atoms with Crippen molar-refractivity contribution in [3.05, 3.63) is 49.6 Å². The van der Waals surface area contributed by atoms with Crippen molar-refractivity contribution in [1.29, 1.82) is 0 Å². The van der Waals surface area contributed by atoms with Crippen LogP contribution in [0.1, 0.15) is 0 Å². The molecule has 0 saturated heterocycles. The Morgan fingerprint density at radius 3 is 2.69 bits per heavy atom. The molecule has 3 aromatic rings. The van der Waals surface area contributed by atoms with Gasteiger partial charge in [0, 0.05) is 11.5 Å². The topological polar surface area (TPSA) is 102 Å². The van der Waals surface area contributed by atoms with Crippen molar-refractivity contribution in [2.75, 3.05) is 12.9 Å². The number of fused-ring (bicyclic) bond motifs is 1. The molecule has 26 heavy (non-hydrogen) atoms. The molecular weight excluding hydrogens is 424 g/mol. The fourth-order valence-electron chi connectivity index (χ4n) is 2.53. The lowest BCUT2D eigenvalue weighted by Crippen LogP contribution is -2.30. The Balaban J connectivity index is 1.85. The summed E-state index contributed by atoms with van der Waals surface area (Å²) in [6, 6.07) is 7.27. The molecule has 1 aromatic carbocycles. The first-order chi connectivity index (χ1) is 12.4. The number of hydrogen-bond acceptors (Lipinski definition) is 6. The molecule has 2 heterocycles. The number of aliphatic hydroxyl groups is 1. The molecule has 138 valence electrons. The number of nitrogens with one attached hydrogen (secondary N) is 1. The van der Waals surface area contributed by atoms with E-state index in [9.17, 15) is 14.7 Å². The lowest BCUT2D eigenvalue weighted by atomic mass is 10.3. The van der Waals surface area contributed by atoms with Crippen LogP contribution in [0.15, 0.2) is 43.5 Å². The second-order valence-corrected chi connectivity index (χ2v) is 7.31. The van der Waals surface area contributed by atoms with Gasteiger partial charge in [-0.3, -0.25) is 14.3 Å². The molecule has 2 aromatic heterocycles. The van der Waals surface area contributed by atoms with Gasteiger partial charge in [-0.15, -0.1) is 0 Å². The van der Waals surface area contributed by atoms with E-state index >= 15 is 0 Å². The quantitative estimate of drug-likeness (QED) is 0.560. The van der Waals surface area contributed by atoms with Gasteiger partial charge >= 0.3 is 5.69 Å². The van der Waals surface area contributed by atoms with E-state index in [0.717, 1.165) is 4.47 Å². The van der Waals surface area contributed by atoms with Crippen LogP contribution in [-0.2, 0) is 13.6 Å². The molecule has 0 aliphatic rings. The van der Waals surface area contributed by atoms with Crippen molar-refractivity contribution in [2.45, 2.75) is 17.8 Å². The summed E-state index contributed by atoms with van der Waals surface area (Å²) in [5, 5.41) is 10.9. The number of halogens is 1. The summed E-state index contributed by atoms with van der Waals surface area (Å²) in [5.41, 5.74) is -0.529. The number of aryl methyl sites for hydroxylation is 1. The number of aromatic nitrogens is 4. The van der Waals surface area contributed by atoms with Crippen molar-refractivity contribution in [3.8, 4) is 5.75 Å². The molecule has 1 atom stereocenters. The predicted octanol–water partition coefficient (Wildman–Crippen LogP) is 1.35. The molecule has 0 radical (unpaired) electrons. The average Bonchev–Trinajstić information content (AvgIpc) is 2.98. The number of imidazole rings is 1. The zero-order valence-corrected chi connectivity index (χ0v) is 16.5. The second kappa shape index (κ2) is 7.68. The standard InChI is InChI=1S/C16H17BrN4O4S/c1-20-13-12(14(23)19-15(20)24)21(16(18-13)26-2)7-10(22)8-25-11-5-3-9(17)4-6-11/h3-6,10,22H,7-8H2,1-2H3,(H,19,23,24). The van der Waals surface area contributed by atoms with Gasteiger partial charge in [-0.1, -0.05) is 27.7 Å². The van der Waals surface area contributed by atoms with E-state index in [1.54, 1.807) is 16.7 Å². The monoisotopic (exact) mass is 440 g/mol. The number of thioether (sulfide) groups is 1. The highest BCUT2D eigenvalue weighted by molar-refractivity contribution is 9.10. The van der Waals surface area contributed by atoms with E-state index in [-0.39, 0.29) is 24.3 Å². The smallest absolute Gasteiger partial charge is 0.329 e. The predicted molar refractivity (Wildman–Crippen MR) is 103 cm³/mol. The zero-order valence-electron chi connectivity index (χ0n) is 14.1. The average molecular weight is 441 g/mol. The van der Waals surface area contributed by atoms with Gasteiger partial charge in [0.25, 0.3) is 5.56 Å². The van der Waals surface area contributed by atoms with Crippen LogP contribution < -0.4 is 16.0 Å². The molecule has 10 heteroatoms. The third kappa shape index (κ3) is 3.71. The molecule has 1 unspecified atom stereocenters. The summed E-state index contributed by atoms with van der Waals surface area (Å²) in [7, 11) is 1.54. The number of aromatic amines is 1. The molecule has 0 bridgehead atoms. The Labute approximate surface area is 161 Å². The Kier molecular flexibility index (Phi) is 5.54. The summed E-state index contributed by atoms with van der Waals surface area (Å²) in [6.45, 7) is 0.170. The fraction of sp³-hybridized carbons (Fsp3) is 0.312. The van der Waals surface area contributed by atoms with Gasteiger partial charge in [0.2, 0.25) is 0 Å². The highest BCUT2D eigenvalue weighted by Gasteiger charge is 2.19. The lowest BCUT2D eigenvalue weighted by molar-refractivity contribution is 0.0914. The molecule has 0 spiro atoms. The third-order valence-corrected chi connectivity index (χ3v) is 5.01. The minimum Gasteiger partial charge on any atom is -0.491 e. The van der Waals surface area contributed by atoms with Crippen molar-refractivity contribution in [3.63, 3.8) is 0 Å². The van der Waals surface area contributed by atoms with Crippen molar-refractivity contribution in [2.24, 2.45) is 7.05 Å². The molecule has 0 fully saturated rings. The van der Waals surface area contributed by atoms with Crippen LogP contribution in [-0.4, -0.2) is 43.2 Å². The van der Waals surface area contributed by atoms with Crippen LogP contribution in [0.25, 0.3) is 11.2 Å². The number of hydrogen-bond donors (Lipinski definition) is 2. The van der Waals surface area contributed by atoms with Gasteiger partial charge < -0.3 is 14.4 Å². The number of ether oxygens (including phenoxy) is 1. The molecule has 0 aliphatic heterocycles. The first-order valence-corrected chi connectivity index (χ1v) is 9.72. The Morgan fingerprint density at radius 1 is 1.35 bits per heavy atom. The van der Waals surface area contributed by atoms with Crippen molar-refractivity contribution < 1.29 is 9.84 Å². The highest BCUT2D eigenvalue weighted by atomic mass is 79.9. The largest absolute Gasteiger partial charge is 0.491 e. The maximum absolute atomic E-state index is 12.2. The van der Waals surface area contributed by atoms with Crippen LogP contribution >= 0.6 is 27.7 Å². The van der Waals surface area contributed by atoms with E-state index in [1.807, 2.05) is 18.4 Å². The first kappa shape index (κ1) is 18.7. The Bertz CT molecular complexity index is 1040. The van der Waals surface area contributed by atoms with E-state index in [4.69, 9.17) is 4.74 Å². The number of benzene rings is 1. The molecule has 8 nitrogen and oxygen atoms in total. The Morgan fingerprint density at radius 2 is 2.04 bits per heavy atom. The minimum absolute atomic E-state index is 0.0544. The van der Waals surface area contributed by atoms with Gasteiger partial charge in [0.1, 0.15) is 18.5 Å². The Hall–Kier alpha value is -2.04. The third-order valence-electron chi connectivity index (χ3n) is 3.80. The van der Waals surface area contributed by atoms with E-state index in [2.05, 4.69) is 25.9 Å². The molecule has 0 aliphatic carbocycles. The summed E-state index contributed by atoms with van der Waals surface area (Å²) >= 11 is 4.68. The van der Waals surface area contributed by atoms with E-state index < -0.39 is 17.4 Å². The maximum atomic E-state index is 12.2. The van der Waals surface area contributed by atoms with Gasteiger partial charge in [-0.25, -0.2) is 9.78 Å². The van der Waals surface area contributed by atoms with Crippen LogP contribution in [0, 0.1) is 0 Å². The van der Waals surface area contributed by atoms with Crippen LogP contribution in [0.2, 0.25) is 0 Å². The van der Waals surface area contributed by atoms with Crippen molar-refractivity contribution >= 4 is 38.9 Å². The molecule has 0 amide bonds. The van der Waals surface area contributed by atoms with E-state index in [0.29, 0.717) is 10.9 Å². The molecule has 3 rings (SSSR count).